The van der Waals surface area contributed by atoms with Crippen LogP contribution in [-0.4, -0.2) is 5.10 Å². The Kier molecular flexibility index (Phi) is 2.09. The minimum Gasteiger partial charge on any atom is -0.377 e. The monoisotopic (exact) mass is 222 g/mol. The lowest BCUT2D eigenvalue weighted by molar-refractivity contribution is -0.579. The summed E-state index contributed by atoms with van der Waals surface area (Å²) in [5.74, 6) is 0.542. The number of benzene rings is 1. The number of nitrogens with zero attached hydrogens (tertiary/aromatic N) is 3. The maximum absolute atomic E-state index is 8.72. The van der Waals surface area contributed by atoms with E-state index in [1.165, 1.54) is 0 Å². The van der Waals surface area contributed by atoms with Gasteiger partial charge in [0.2, 0.25) is 6.20 Å². The zero-order valence-electron chi connectivity index (χ0n) is 8.87. The Morgan fingerprint density at radius 1 is 1.12 bits per heavy atom. The van der Waals surface area contributed by atoms with Gasteiger partial charge in [0.05, 0.1) is 17.7 Å². The van der Waals surface area contributed by atoms with Gasteiger partial charge in [-0.2, -0.15) is 5.26 Å². The van der Waals surface area contributed by atoms with Crippen LogP contribution in [0, 0.1) is 11.3 Å². The molecule has 0 N–H and O–H groups in total. The molecule has 0 saturated heterocycles. The summed E-state index contributed by atoms with van der Waals surface area (Å²) in [6, 6.07) is 14.8. The third kappa shape index (κ3) is 1.64. The second-order valence-corrected chi connectivity index (χ2v) is 3.58. The number of pyridine rings is 1. The van der Waals surface area contributed by atoms with Crippen LogP contribution in [0.4, 0.5) is 0 Å². The van der Waals surface area contributed by atoms with Crippen molar-refractivity contribution in [1.29, 1.82) is 5.26 Å². The molecule has 1 aromatic carbocycles. The molecule has 3 rings (SSSR count). The van der Waals surface area contributed by atoms with Gasteiger partial charge in [-0.15, -0.1) is 0 Å². The molecule has 0 saturated carbocycles. The normalized spacial score (nSPS) is 10.3. The van der Waals surface area contributed by atoms with Crippen LogP contribution in [0.1, 0.15) is 5.56 Å². The van der Waals surface area contributed by atoms with Crippen molar-refractivity contribution in [3.8, 4) is 17.5 Å². The lowest BCUT2D eigenvalue weighted by Gasteiger charge is -1.91. The van der Waals surface area contributed by atoms with Crippen LogP contribution in [-0.2, 0) is 0 Å². The number of hydrogen-bond acceptors (Lipinski definition) is 3. The molecule has 4 nitrogen and oxygen atoms in total. The van der Waals surface area contributed by atoms with Gasteiger partial charge >= 0.3 is 5.71 Å². The molecule has 3 aromatic rings. The van der Waals surface area contributed by atoms with Crippen molar-refractivity contribution < 1.29 is 8.93 Å². The second kappa shape index (κ2) is 3.72. The second-order valence-electron chi connectivity index (χ2n) is 3.58. The van der Waals surface area contributed by atoms with Gasteiger partial charge in [-0.1, -0.05) is 0 Å². The Morgan fingerprint density at radius 2 is 1.94 bits per heavy atom. The molecule has 0 amide bonds. The van der Waals surface area contributed by atoms with Crippen LogP contribution in [0.25, 0.3) is 17.2 Å². The van der Waals surface area contributed by atoms with E-state index in [1.54, 1.807) is 16.6 Å². The fourth-order valence-electron chi connectivity index (χ4n) is 1.60. The molecular formula is C13H8N3O+. The van der Waals surface area contributed by atoms with Crippen LogP contribution < -0.4 is 4.52 Å². The minimum atomic E-state index is 0.542. The molecule has 0 fully saturated rings. The van der Waals surface area contributed by atoms with Gasteiger partial charge in [0.15, 0.2) is 0 Å². The Morgan fingerprint density at radius 3 is 2.65 bits per heavy atom. The molecule has 0 atom stereocenters. The number of nitriles is 1. The summed E-state index contributed by atoms with van der Waals surface area (Å²) >= 11 is 0. The molecule has 0 aliphatic carbocycles. The highest BCUT2D eigenvalue weighted by molar-refractivity contribution is 5.54. The molecule has 2 heterocycles. The highest BCUT2D eigenvalue weighted by Crippen LogP contribution is 2.17. The van der Waals surface area contributed by atoms with Crippen molar-refractivity contribution in [3.05, 3.63) is 54.2 Å². The van der Waals surface area contributed by atoms with E-state index >= 15 is 0 Å². The largest absolute Gasteiger partial charge is 0.406 e. The number of rotatable bonds is 1. The maximum Gasteiger partial charge on any atom is 0.406 e. The van der Waals surface area contributed by atoms with E-state index in [1.807, 2.05) is 36.5 Å². The fourth-order valence-corrected chi connectivity index (χ4v) is 1.60. The first-order chi connectivity index (χ1) is 8.36. The standard InChI is InChI=1S/C13H8N3O/c14-9-10-4-6-11(7-5-10)13-15-16-8-2-1-3-12(16)17-13/h1-8H/q+1. The Bertz CT molecular complexity index is 674. The van der Waals surface area contributed by atoms with Gasteiger partial charge in [0, 0.05) is 16.7 Å². The smallest absolute Gasteiger partial charge is 0.377 e. The SMILES string of the molecule is N#Cc1ccc(-c2n[n+]3ccccc3o2)cc1. The first-order valence-electron chi connectivity index (χ1n) is 5.15. The molecule has 0 radical (unpaired) electrons. The molecule has 0 unspecified atom stereocenters. The molecule has 0 bridgehead atoms. The first kappa shape index (κ1) is 9.55. The van der Waals surface area contributed by atoms with Gasteiger partial charge in [-0.3, -0.25) is 0 Å². The number of fused-ring (bicyclic) bond motifs is 1. The average Bonchev–Trinajstić information content (AvgIpc) is 2.82. The summed E-state index contributed by atoms with van der Waals surface area (Å²) in [6.45, 7) is 0. The van der Waals surface area contributed by atoms with Crippen LogP contribution in [0.2, 0.25) is 0 Å². The summed E-state index contributed by atoms with van der Waals surface area (Å²) in [5.41, 5.74) is 2.16. The Labute approximate surface area is 97.4 Å². The van der Waals surface area contributed by atoms with Crippen LogP contribution in [0.3, 0.4) is 0 Å². The molecule has 0 spiro atoms. The molecule has 0 aliphatic heterocycles. The Hall–Kier alpha value is -2.67. The van der Waals surface area contributed by atoms with E-state index in [4.69, 9.17) is 9.68 Å². The van der Waals surface area contributed by atoms with Crippen LogP contribution >= 0.6 is 0 Å². The van der Waals surface area contributed by atoms with Crippen molar-refractivity contribution in [2.75, 3.05) is 0 Å². The zero-order chi connectivity index (χ0) is 11.7. The van der Waals surface area contributed by atoms with E-state index in [0.29, 0.717) is 17.2 Å². The predicted octanol–water partition coefficient (Wildman–Crippen LogP) is 1.95. The first-order valence-corrected chi connectivity index (χ1v) is 5.15. The highest BCUT2D eigenvalue weighted by Gasteiger charge is 2.14. The molecule has 17 heavy (non-hydrogen) atoms. The predicted molar refractivity (Wildman–Crippen MR) is 59.8 cm³/mol. The molecule has 2 aromatic heterocycles. The van der Waals surface area contributed by atoms with E-state index in [9.17, 15) is 0 Å². The average molecular weight is 222 g/mol. The number of hydrogen-bond donors (Lipinski definition) is 0. The van der Waals surface area contributed by atoms with Gasteiger partial charge in [0.25, 0.3) is 5.89 Å². The zero-order valence-corrected chi connectivity index (χ0v) is 8.87. The van der Waals surface area contributed by atoms with E-state index in [-0.39, 0.29) is 0 Å². The highest BCUT2D eigenvalue weighted by atomic mass is 16.4. The lowest BCUT2D eigenvalue weighted by Crippen LogP contribution is -2.21. The summed E-state index contributed by atoms with van der Waals surface area (Å²) < 4.78 is 7.27. The number of aromatic nitrogens is 2. The van der Waals surface area contributed by atoms with Crippen molar-refractivity contribution in [2.24, 2.45) is 0 Å². The molecule has 4 heteroatoms. The summed E-state index contributed by atoms with van der Waals surface area (Å²) in [4.78, 5) is 0. The van der Waals surface area contributed by atoms with Gasteiger partial charge < -0.3 is 4.42 Å². The minimum absolute atomic E-state index is 0.542. The summed E-state index contributed by atoms with van der Waals surface area (Å²) in [5, 5.41) is 13.0. The van der Waals surface area contributed by atoms with Crippen molar-refractivity contribution in [2.45, 2.75) is 0 Å². The van der Waals surface area contributed by atoms with E-state index in [0.717, 1.165) is 5.56 Å². The summed E-state index contributed by atoms with van der Waals surface area (Å²) in [7, 11) is 0. The summed E-state index contributed by atoms with van der Waals surface area (Å²) in [6.07, 6.45) is 1.83. The van der Waals surface area contributed by atoms with Gasteiger partial charge in [0.1, 0.15) is 0 Å². The van der Waals surface area contributed by atoms with Crippen molar-refractivity contribution >= 4 is 5.71 Å². The van der Waals surface area contributed by atoms with Crippen LogP contribution in [0.15, 0.2) is 53.1 Å². The van der Waals surface area contributed by atoms with Crippen molar-refractivity contribution in [1.82, 2.24) is 5.10 Å². The fraction of sp³-hybridized carbons (Fsp3) is 0. The van der Waals surface area contributed by atoms with Crippen LogP contribution in [0.5, 0.6) is 0 Å². The maximum atomic E-state index is 8.72. The van der Waals surface area contributed by atoms with E-state index < -0.39 is 0 Å². The van der Waals surface area contributed by atoms with Crippen molar-refractivity contribution in [3.63, 3.8) is 0 Å². The van der Waals surface area contributed by atoms with Gasteiger partial charge in [-0.25, -0.2) is 0 Å². The quantitative estimate of drug-likeness (QED) is 0.591. The molecule has 80 valence electrons. The Balaban J connectivity index is 2.11. The third-order valence-electron chi connectivity index (χ3n) is 2.46. The molecular weight excluding hydrogens is 214 g/mol. The topological polar surface area (TPSA) is 53.9 Å². The lowest BCUT2D eigenvalue weighted by atomic mass is 10.1. The third-order valence-corrected chi connectivity index (χ3v) is 2.46. The van der Waals surface area contributed by atoms with E-state index in [2.05, 4.69) is 11.2 Å². The van der Waals surface area contributed by atoms with Gasteiger partial charge in [-0.05, 0) is 34.8 Å². The molecule has 0 aliphatic rings.